The number of amides is 2. The number of nitrogens with zero attached hydrogens (tertiary/aromatic N) is 1. The first kappa shape index (κ1) is 28.0. The second-order valence-corrected chi connectivity index (χ2v) is 10.6. The first-order valence-electron chi connectivity index (χ1n) is 12.9. The van der Waals surface area contributed by atoms with Crippen LogP contribution in [0.15, 0.2) is 12.1 Å². The smallest absolute Gasteiger partial charge is 0.267 e. The van der Waals surface area contributed by atoms with Gasteiger partial charge >= 0.3 is 0 Å². The van der Waals surface area contributed by atoms with E-state index in [2.05, 4.69) is 15.6 Å². The molecule has 1 aliphatic rings. The van der Waals surface area contributed by atoms with Crippen molar-refractivity contribution in [2.75, 3.05) is 10.6 Å². The number of aryl methyl sites for hydroxylation is 4. The Morgan fingerprint density at radius 2 is 1.32 bits per heavy atom. The minimum absolute atomic E-state index is 0.0223. The summed E-state index contributed by atoms with van der Waals surface area (Å²) in [4.78, 5) is 30.6. The van der Waals surface area contributed by atoms with Gasteiger partial charge in [0.15, 0.2) is 5.13 Å². The monoisotopic (exact) mass is 485 g/mol. The number of carbonyl (C=O) groups is 2. The molecule has 1 saturated carbocycles. The third kappa shape index (κ3) is 7.14. The molecule has 1 aromatic heterocycles. The number of nitrogens with one attached hydrogen (secondary N) is 2. The van der Waals surface area contributed by atoms with Crippen LogP contribution in [0.5, 0.6) is 0 Å². The zero-order chi connectivity index (χ0) is 25.3. The minimum atomic E-state index is -0.391. The number of carbonyl (C=O) groups excluding carboxylic acids is 2. The molecule has 2 N–H and O–H groups in total. The molecule has 0 aliphatic heterocycles. The predicted octanol–water partition coefficient (Wildman–Crippen LogP) is 8.12. The van der Waals surface area contributed by atoms with Gasteiger partial charge in [-0.2, -0.15) is 0 Å². The Bertz CT molecular complexity index is 929. The van der Waals surface area contributed by atoms with Gasteiger partial charge in [-0.1, -0.05) is 88.3 Å². The summed E-state index contributed by atoms with van der Waals surface area (Å²) in [6, 6.07) is 4.10. The summed E-state index contributed by atoms with van der Waals surface area (Å²) < 4.78 is 0. The fourth-order valence-corrected chi connectivity index (χ4v) is 5.59. The molecule has 1 aromatic carbocycles. The summed E-state index contributed by atoms with van der Waals surface area (Å²) in [6.45, 7) is 13.9. The van der Waals surface area contributed by atoms with E-state index in [1.165, 1.54) is 55.4 Å². The van der Waals surface area contributed by atoms with E-state index < -0.39 is 5.41 Å². The number of thiazole rings is 1. The molecule has 0 saturated heterocycles. The van der Waals surface area contributed by atoms with E-state index in [4.69, 9.17) is 0 Å². The van der Waals surface area contributed by atoms with E-state index >= 15 is 0 Å². The topological polar surface area (TPSA) is 71.1 Å². The van der Waals surface area contributed by atoms with Crippen LogP contribution in [0, 0.1) is 33.1 Å². The van der Waals surface area contributed by atoms with Crippen LogP contribution >= 0.6 is 11.3 Å². The maximum Gasteiger partial charge on any atom is 0.267 e. The van der Waals surface area contributed by atoms with Gasteiger partial charge in [0, 0.05) is 11.1 Å². The molecule has 2 aromatic rings. The largest absolute Gasteiger partial charge is 0.321 e. The van der Waals surface area contributed by atoms with Crippen molar-refractivity contribution in [3.8, 4) is 0 Å². The lowest BCUT2D eigenvalue weighted by Gasteiger charge is -2.28. The van der Waals surface area contributed by atoms with Crippen LogP contribution in [-0.2, 0) is 4.79 Å². The Kier molecular flexibility index (Phi) is 10.7. The van der Waals surface area contributed by atoms with E-state index in [1.807, 2.05) is 53.7 Å². The molecule has 6 heteroatoms. The lowest BCUT2D eigenvalue weighted by molar-refractivity contribution is -0.126. The van der Waals surface area contributed by atoms with Gasteiger partial charge < -0.3 is 10.6 Å². The van der Waals surface area contributed by atoms with Crippen molar-refractivity contribution in [2.45, 2.75) is 106 Å². The van der Waals surface area contributed by atoms with Gasteiger partial charge in [-0.25, -0.2) is 4.98 Å². The van der Waals surface area contributed by atoms with E-state index in [-0.39, 0.29) is 11.8 Å². The lowest BCUT2D eigenvalue weighted by atomic mass is 9.79. The molecule has 3 rings (SSSR count). The van der Waals surface area contributed by atoms with Crippen molar-refractivity contribution in [2.24, 2.45) is 5.41 Å². The maximum absolute atomic E-state index is 12.8. The van der Waals surface area contributed by atoms with Gasteiger partial charge in [-0.3, -0.25) is 9.59 Å². The molecule has 1 fully saturated rings. The summed E-state index contributed by atoms with van der Waals surface area (Å²) >= 11 is 1.22. The fraction of sp³-hybridized carbons (Fsp3) is 0.607. The minimum Gasteiger partial charge on any atom is -0.321 e. The second-order valence-electron chi connectivity index (χ2n) is 9.58. The maximum atomic E-state index is 12.8. The van der Waals surface area contributed by atoms with E-state index in [9.17, 15) is 9.59 Å². The third-order valence-electron chi connectivity index (χ3n) is 7.15. The number of rotatable bonds is 7. The Balaban J connectivity index is 0.000000589. The Labute approximate surface area is 210 Å². The highest BCUT2D eigenvalue weighted by Gasteiger charge is 2.33. The van der Waals surface area contributed by atoms with Crippen molar-refractivity contribution >= 4 is 34.0 Å². The summed E-state index contributed by atoms with van der Waals surface area (Å²) in [5.41, 5.74) is 4.28. The zero-order valence-corrected chi connectivity index (χ0v) is 23.0. The average molecular weight is 486 g/mol. The van der Waals surface area contributed by atoms with Crippen LogP contribution in [-0.4, -0.2) is 16.8 Å². The molecule has 0 bridgehead atoms. The van der Waals surface area contributed by atoms with Gasteiger partial charge in [0.2, 0.25) is 5.91 Å². The molecular weight excluding hydrogens is 442 g/mol. The van der Waals surface area contributed by atoms with Crippen LogP contribution in [0.25, 0.3) is 0 Å². The van der Waals surface area contributed by atoms with Gasteiger partial charge in [-0.05, 0) is 58.1 Å². The summed E-state index contributed by atoms with van der Waals surface area (Å²) in [5.74, 6) is -0.218. The Morgan fingerprint density at radius 3 is 1.76 bits per heavy atom. The molecule has 2 amide bonds. The van der Waals surface area contributed by atoms with E-state index in [1.54, 1.807) is 6.92 Å². The molecular formula is C28H43N3O2S. The first-order chi connectivity index (χ1) is 16.2. The molecule has 5 nitrogen and oxygen atoms in total. The molecule has 1 heterocycles. The van der Waals surface area contributed by atoms with Crippen molar-refractivity contribution in [3.05, 3.63) is 39.4 Å². The van der Waals surface area contributed by atoms with E-state index in [0.29, 0.717) is 15.7 Å². The van der Waals surface area contributed by atoms with Crippen LogP contribution in [0.3, 0.4) is 0 Å². The van der Waals surface area contributed by atoms with E-state index in [0.717, 1.165) is 36.1 Å². The first-order valence-corrected chi connectivity index (χ1v) is 13.7. The summed E-state index contributed by atoms with van der Waals surface area (Å²) in [6.07, 6.45) is 11.3. The number of anilines is 2. The number of hydrogen-bond donors (Lipinski definition) is 2. The zero-order valence-electron chi connectivity index (χ0n) is 22.2. The highest BCUT2D eigenvalue weighted by atomic mass is 32.1. The molecule has 0 spiro atoms. The van der Waals surface area contributed by atoms with Crippen LogP contribution < -0.4 is 10.6 Å². The van der Waals surface area contributed by atoms with Crippen LogP contribution in [0.4, 0.5) is 10.8 Å². The Hall–Kier alpha value is -2.21. The molecule has 188 valence electrons. The lowest BCUT2D eigenvalue weighted by Crippen LogP contribution is -2.34. The number of hydrogen-bond acceptors (Lipinski definition) is 4. The highest BCUT2D eigenvalue weighted by Crippen LogP contribution is 2.33. The van der Waals surface area contributed by atoms with Crippen LogP contribution in [0.2, 0.25) is 0 Å². The van der Waals surface area contributed by atoms with Crippen molar-refractivity contribution in [1.82, 2.24) is 4.98 Å². The van der Waals surface area contributed by atoms with Crippen molar-refractivity contribution in [3.63, 3.8) is 0 Å². The predicted molar refractivity (Wildman–Crippen MR) is 145 cm³/mol. The molecule has 34 heavy (non-hydrogen) atoms. The second kappa shape index (κ2) is 13.0. The average Bonchev–Trinajstić information content (AvgIpc) is 3.19. The normalized spacial score (nSPS) is 13.6. The Morgan fingerprint density at radius 1 is 0.853 bits per heavy atom. The van der Waals surface area contributed by atoms with Crippen molar-refractivity contribution in [1.29, 1.82) is 0 Å². The number of aromatic nitrogens is 1. The molecule has 1 aliphatic carbocycles. The standard InChI is InChI=1S/C22H31N3O2S.C6H12/c1-8-22(9-2,10-3)20(27)25-21-23-16(7)18(28-21)19(26)24-17-14(5)11-13(4)12-15(17)6;1-2-4-6-5-3-1/h11-12H,8-10H2,1-7H3,(H,24,26)(H,23,25,27);1-6H2. The fourth-order valence-electron chi connectivity index (χ4n) is 4.73. The summed E-state index contributed by atoms with van der Waals surface area (Å²) in [5, 5.41) is 6.42. The van der Waals surface area contributed by atoms with Crippen LogP contribution in [0.1, 0.15) is 111 Å². The van der Waals surface area contributed by atoms with Gasteiger partial charge in [0.05, 0.1) is 5.69 Å². The molecule has 0 unspecified atom stereocenters. The quantitative estimate of drug-likeness (QED) is 0.416. The molecule has 0 atom stereocenters. The summed E-state index contributed by atoms with van der Waals surface area (Å²) in [7, 11) is 0. The number of benzene rings is 1. The van der Waals surface area contributed by atoms with Gasteiger partial charge in [0.1, 0.15) is 4.88 Å². The highest BCUT2D eigenvalue weighted by molar-refractivity contribution is 7.17. The van der Waals surface area contributed by atoms with Gasteiger partial charge in [-0.15, -0.1) is 0 Å². The molecule has 0 radical (unpaired) electrons. The van der Waals surface area contributed by atoms with Gasteiger partial charge in [0.25, 0.3) is 5.91 Å². The van der Waals surface area contributed by atoms with Crippen molar-refractivity contribution < 1.29 is 9.59 Å². The SMILES string of the molecule is C1CCCCC1.CCC(CC)(CC)C(=O)Nc1nc(C)c(C(=O)Nc2c(C)cc(C)cc2C)s1. The third-order valence-corrected chi connectivity index (χ3v) is 8.22.